The smallest absolute Gasteiger partial charge is 0.179 e. The van der Waals surface area contributed by atoms with Gasteiger partial charge in [-0.15, -0.1) is 0 Å². The molecule has 0 unspecified atom stereocenters. The zero-order chi connectivity index (χ0) is 16.0. The summed E-state index contributed by atoms with van der Waals surface area (Å²) >= 11 is 0. The molecule has 0 heterocycles. The van der Waals surface area contributed by atoms with Crippen LogP contribution in [0.25, 0.3) is 0 Å². The molecule has 0 spiro atoms. The highest BCUT2D eigenvalue weighted by Gasteiger charge is 2.18. The largest absolute Gasteiger partial charge is 0.308 e. The molecule has 0 radical (unpaired) electrons. The number of hydrogen-bond donors (Lipinski definition) is 0. The van der Waals surface area contributed by atoms with E-state index in [2.05, 4.69) is 0 Å². The Balaban J connectivity index is 2.89. The molecule has 0 aliphatic carbocycles. The number of hydrogen-bond acceptors (Lipinski definition) is 4. The predicted octanol–water partition coefficient (Wildman–Crippen LogP) is 2.64. The lowest BCUT2D eigenvalue weighted by Gasteiger charge is -2.12. The van der Waals surface area contributed by atoms with Crippen LogP contribution >= 0.6 is 0 Å². The maximum Gasteiger partial charge on any atom is 0.179 e. The van der Waals surface area contributed by atoms with Crippen molar-refractivity contribution in [2.75, 3.05) is 26.4 Å². The second-order valence-corrected chi connectivity index (χ2v) is 7.63. The summed E-state index contributed by atoms with van der Waals surface area (Å²) in [6.07, 6.45) is 1.61. The van der Waals surface area contributed by atoms with E-state index in [1.807, 2.05) is 32.8 Å². The van der Waals surface area contributed by atoms with Crippen LogP contribution in [-0.2, 0) is 9.84 Å². The van der Waals surface area contributed by atoms with Gasteiger partial charge in [0, 0.05) is 18.0 Å². The van der Waals surface area contributed by atoms with Gasteiger partial charge in [-0.1, -0.05) is 26.0 Å². The Morgan fingerprint density at radius 2 is 1.62 bits per heavy atom. The molecule has 1 rings (SSSR count). The first kappa shape index (κ1) is 17.9. The first-order chi connectivity index (χ1) is 9.81. The topological polar surface area (TPSA) is 54.5 Å². The standard InChI is InChI=1S/C16H25NO3S/c1-5-13(6-2)16(18)14-7-9-15(10-8-14)21(19,20)12-11-17(3)4/h7-10,13H,5-6,11-12H2,1-4H3. The van der Waals surface area contributed by atoms with Crippen LogP contribution in [0.3, 0.4) is 0 Å². The van der Waals surface area contributed by atoms with Crippen molar-refractivity contribution in [2.24, 2.45) is 5.92 Å². The summed E-state index contributed by atoms with van der Waals surface area (Å²) in [5.41, 5.74) is 0.593. The van der Waals surface area contributed by atoms with Gasteiger partial charge in [-0.05, 0) is 39.1 Å². The first-order valence-corrected chi connectivity index (χ1v) is 8.98. The van der Waals surface area contributed by atoms with Crippen molar-refractivity contribution in [3.63, 3.8) is 0 Å². The number of carbonyl (C=O) groups is 1. The van der Waals surface area contributed by atoms with Gasteiger partial charge < -0.3 is 4.90 Å². The predicted molar refractivity (Wildman–Crippen MR) is 85.5 cm³/mol. The maximum absolute atomic E-state index is 12.2. The SMILES string of the molecule is CCC(CC)C(=O)c1ccc(S(=O)(=O)CCN(C)C)cc1. The quantitative estimate of drug-likeness (QED) is 0.693. The van der Waals surface area contributed by atoms with E-state index in [9.17, 15) is 13.2 Å². The molecule has 0 amide bonds. The van der Waals surface area contributed by atoms with Crippen LogP contribution in [-0.4, -0.2) is 45.5 Å². The average molecular weight is 311 g/mol. The van der Waals surface area contributed by atoms with Crippen molar-refractivity contribution in [3.8, 4) is 0 Å². The molecule has 0 atom stereocenters. The van der Waals surface area contributed by atoms with Gasteiger partial charge in [0.2, 0.25) is 0 Å². The van der Waals surface area contributed by atoms with Gasteiger partial charge in [-0.25, -0.2) is 8.42 Å². The molecule has 0 bridgehead atoms. The highest BCUT2D eigenvalue weighted by Crippen LogP contribution is 2.18. The van der Waals surface area contributed by atoms with Crippen molar-refractivity contribution in [3.05, 3.63) is 29.8 Å². The molecule has 0 N–H and O–H groups in total. The molecule has 0 saturated carbocycles. The molecule has 0 saturated heterocycles. The van der Waals surface area contributed by atoms with Crippen molar-refractivity contribution in [1.82, 2.24) is 4.90 Å². The second-order valence-electron chi connectivity index (χ2n) is 5.52. The Bertz CT molecular complexity index is 558. The number of ketones is 1. The van der Waals surface area contributed by atoms with Gasteiger partial charge in [0.25, 0.3) is 0 Å². The third-order valence-corrected chi connectivity index (χ3v) is 5.37. The van der Waals surface area contributed by atoms with Crippen molar-refractivity contribution >= 4 is 15.6 Å². The lowest BCUT2D eigenvalue weighted by molar-refractivity contribution is 0.0913. The summed E-state index contributed by atoms with van der Waals surface area (Å²) in [6, 6.07) is 6.34. The van der Waals surface area contributed by atoms with Crippen LogP contribution in [0, 0.1) is 5.92 Å². The summed E-state index contributed by atoms with van der Waals surface area (Å²) < 4.78 is 24.3. The van der Waals surface area contributed by atoms with Gasteiger partial charge in [-0.3, -0.25) is 4.79 Å². The minimum atomic E-state index is -3.28. The van der Waals surface area contributed by atoms with Gasteiger partial charge in [0.15, 0.2) is 15.6 Å². The van der Waals surface area contributed by atoms with Crippen LogP contribution in [0.15, 0.2) is 29.2 Å². The summed E-state index contributed by atoms with van der Waals surface area (Å²) in [7, 11) is 0.398. The number of sulfone groups is 1. The van der Waals surface area contributed by atoms with Gasteiger partial charge >= 0.3 is 0 Å². The number of rotatable bonds is 8. The van der Waals surface area contributed by atoms with Crippen LogP contribution in [0.2, 0.25) is 0 Å². The van der Waals surface area contributed by atoms with E-state index in [0.717, 1.165) is 12.8 Å². The average Bonchev–Trinajstić information content (AvgIpc) is 2.46. The Morgan fingerprint density at radius 1 is 1.10 bits per heavy atom. The van der Waals surface area contributed by atoms with Gasteiger partial charge in [0.05, 0.1) is 10.6 Å². The zero-order valence-corrected chi connectivity index (χ0v) is 14.1. The molecular formula is C16H25NO3S. The highest BCUT2D eigenvalue weighted by molar-refractivity contribution is 7.91. The molecule has 5 heteroatoms. The second kappa shape index (κ2) is 7.71. The van der Waals surface area contributed by atoms with E-state index in [-0.39, 0.29) is 22.3 Å². The monoisotopic (exact) mass is 311 g/mol. The van der Waals surface area contributed by atoms with E-state index < -0.39 is 9.84 Å². The van der Waals surface area contributed by atoms with E-state index in [0.29, 0.717) is 12.1 Å². The van der Waals surface area contributed by atoms with Crippen LogP contribution < -0.4 is 0 Å². The van der Waals surface area contributed by atoms with E-state index >= 15 is 0 Å². The van der Waals surface area contributed by atoms with Crippen LogP contribution in [0.4, 0.5) is 0 Å². The van der Waals surface area contributed by atoms with Crippen molar-refractivity contribution in [1.29, 1.82) is 0 Å². The van der Waals surface area contributed by atoms with E-state index in [1.54, 1.807) is 24.3 Å². The normalized spacial score (nSPS) is 12.1. The van der Waals surface area contributed by atoms with Gasteiger partial charge in [0.1, 0.15) is 0 Å². The molecule has 0 aliphatic heterocycles. The summed E-state index contributed by atoms with van der Waals surface area (Å²) in [6.45, 7) is 4.47. The van der Waals surface area contributed by atoms with Crippen molar-refractivity contribution < 1.29 is 13.2 Å². The minimum absolute atomic E-state index is 0.0150. The van der Waals surface area contributed by atoms with Crippen LogP contribution in [0.1, 0.15) is 37.0 Å². The number of benzene rings is 1. The Kier molecular flexibility index (Phi) is 6.55. The number of nitrogens with zero attached hydrogens (tertiary/aromatic N) is 1. The van der Waals surface area contributed by atoms with Gasteiger partial charge in [-0.2, -0.15) is 0 Å². The summed E-state index contributed by atoms with van der Waals surface area (Å²) in [5, 5.41) is 0. The Labute approximate surface area is 128 Å². The van der Waals surface area contributed by atoms with Crippen LogP contribution in [0.5, 0.6) is 0 Å². The molecular weight excluding hydrogens is 286 g/mol. The molecule has 118 valence electrons. The summed E-state index contributed by atoms with van der Waals surface area (Å²) in [4.78, 5) is 14.3. The number of carbonyl (C=O) groups excluding carboxylic acids is 1. The Hall–Kier alpha value is -1.20. The Morgan fingerprint density at radius 3 is 2.05 bits per heavy atom. The first-order valence-electron chi connectivity index (χ1n) is 7.33. The highest BCUT2D eigenvalue weighted by atomic mass is 32.2. The molecule has 1 aromatic rings. The lowest BCUT2D eigenvalue weighted by Crippen LogP contribution is -2.22. The summed E-state index contributed by atoms with van der Waals surface area (Å²) in [5.74, 6) is 0.193. The third kappa shape index (κ3) is 4.93. The molecule has 0 aromatic heterocycles. The zero-order valence-electron chi connectivity index (χ0n) is 13.3. The fraction of sp³-hybridized carbons (Fsp3) is 0.562. The van der Waals surface area contributed by atoms with E-state index in [1.165, 1.54) is 0 Å². The molecule has 0 fully saturated rings. The molecule has 21 heavy (non-hydrogen) atoms. The van der Waals surface area contributed by atoms with E-state index in [4.69, 9.17) is 0 Å². The third-order valence-electron chi connectivity index (χ3n) is 3.66. The molecule has 0 aliphatic rings. The molecule has 4 nitrogen and oxygen atoms in total. The minimum Gasteiger partial charge on any atom is -0.308 e. The fourth-order valence-corrected chi connectivity index (χ4v) is 3.53. The fourth-order valence-electron chi connectivity index (χ4n) is 2.14. The van der Waals surface area contributed by atoms with Crippen molar-refractivity contribution in [2.45, 2.75) is 31.6 Å². The molecule has 1 aromatic carbocycles. The lowest BCUT2D eigenvalue weighted by atomic mass is 9.93. The number of Topliss-reactive ketones (excluding diaryl/α,β-unsaturated/α-hetero) is 1. The maximum atomic E-state index is 12.2.